The second-order valence-electron chi connectivity index (χ2n) is 1.09. The van der Waals surface area contributed by atoms with Crippen LogP contribution >= 0.6 is 11.6 Å². The van der Waals surface area contributed by atoms with Gasteiger partial charge in [0, 0.05) is 5.54 Å². The van der Waals surface area contributed by atoms with E-state index in [0.29, 0.717) is 0 Å². The largest absolute Gasteiger partial charge is 1.00 e. The van der Waals surface area contributed by atoms with Crippen LogP contribution in [0.3, 0.4) is 0 Å². The summed E-state index contributed by atoms with van der Waals surface area (Å²) < 4.78 is 29.2. The molecule has 0 aromatic heterocycles. The molecule has 0 N–H and O–H groups in total. The van der Waals surface area contributed by atoms with Crippen molar-refractivity contribution in [3.63, 3.8) is 0 Å². The molecule has 0 saturated heterocycles. The molecule has 6 heteroatoms. The Hall–Kier alpha value is 0.940. The quantitative estimate of drug-likeness (QED) is 0.341. The fourth-order valence-electron chi connectivity index (χ4n) is 0.154. The minimum Gasteiger partial charge on any atom is -0.748 e. The van der Waals surface area contributed by atoms with Gasteiger partial charge < -0.3 is 4.55 Å². The van der Waals surface area contributed by atoms with E-state index >= 15 is 0 Å². The van der Waals surface area contributed by atoms with E-state index in [2.05, 4.69) is 0 Å². The molecule has 0 rings (SSSR count). The molecule has 0 unspecified atom stereocenters. The normalized spacial score (nSPS) is 11.3. The van der Waals surface area contributed by atoms with Gasteiger partial charge in [0.25, 0.3) is 0 Å². The summed E-state index contributed by atoms with van der Waals surface area (Å²) in [6, 6.07) is 0. The van der Waals surface area contributed by atoms with Gasteiger partial charge in [0.05, 0.1) is 15.9 Å². The fourth-order valence-corrected chi connectivity index (χ4v) is 0.681. The summed E-state index contributed by atoms with van der Waals surface area (Å²) in [6.07, 6.45) is 1.07. The van der Waals surface area contributed by atoms with Crippen molar-refractivity contribution < 1.29 is 42.5 Å². The summed E-state index contributed by atoms with van der Waals surface area (Å²) in [7, 11) is -4.11. The third kappa shape index (κ3) is 12.2. The number of rotatable bonds is 2. The van der Waals surface area contributed by atoms with Crippen molar-refractivity contribution in [2.75, 3.05) is 5.75 Å². The molecule has 0 saturated carbocycles. The van der Waals surface area contributed by atoms with Gasteiger partial charge in [-0.25, -0.2) is 8.42 Å². The maximum atomic E-state index is 9.72. The third-order valence-corrected chi connectivity index (χ3v) is 1.17. The Balaban J connectivity index is 0. The zero-order valence-electron chi connectivity index (χ0n) is 4.87. The second-order valence-corrected chi connectivity index (χ2v) is 2.79. The molecule has 0 atom stereocenters. The summed E-state index contributed by atoms with van der Waals surface area (Å²) >= 11 is 4.92. The predicted molar refractivity (Wildman–Crippen MR) is 29.6 cm³/mol. The maximum absolute atomic E-state index is 9.72. The van der Waals surface area contributed by atoms with Crippen molar-refractivity contribution in [3.05, 3.63) is 11.6 Å². The summed E-state index contributed by atoms with van der Waals surface area (Å²) in [5.41, 5.74) is 0.995. The Labute approximate surface area is 81.1 Å². The van der Waals surface area contributed by atoms with Crippen LogP contribution in [0.25, 0.3) is 0 Å². The van der Waals surface area contributed by atoms with Crippen LogP contribution in [0.15, 0.2) is 11.6 Å². The van der Waals surface area contributed by atoms with Gasteiger partial charge in [-0.1, -0.05) is 17.7 Å². The molecule has 0 spiro atoms. The van der Waals surface area contributed by atoms with Gasteiger partial charge >= 0.3 is 29.6 Å². The Morgan fingerprint density at radius 1 is 1.56 bits per heavy atom. The number of halogens is 1. The van der Waals surface area contributed by atoms with Gasteiger partial charge in [-0.2, -0.15) is 0 Å². The molecule has 0 aromatic rings. The van der Waals surface area contributed by atoms with Crippen LogP contribution in [0.4, 0.5) is 0 Å². The molecule has 0 bridgehead atoms. The van der Waals surface area contributed by atoms with Gasteiger partial charge in [-0.05, 0) is 0 Å². The predicted octanol–water partition coefficient (Wildman–Crippen LogP) is -2.71. The SMILES string of the molecule is O=S(=O)([O-])C/C=C/Cl.[Na+]. The number of hydrogen-bond donors (Lipinski definition) is 0. The van der Waals surface area contributed by atoms with Crippen LogP contribution in [0.1, 0.15) is 0 Å². The Morgan fingerprint density at radius 3 is 2.11 bits per heavy atom. The molecule has 48 valence electrons. The topological polar surface area (TPSA) is 57.2 Å². The average molecular weight is 179 g/mol. The third-order valence-electron chi connectivity index (χ3n) is 0.389. The average Bonchev–Trinajstić information content (AvgIpc) is 1.59. The molecule has 0 heterocycles. The van der Waals surface area contributed by atoms with Crippen LogP contribution in [0.5, 0.6) is 0 Å². The summed E-state index contributed by atoms with van der Waals surface area (Å²) in [5.74, 6) is -0.531. The van der Waals surface area contributed by atoms with Gasteiger partial charge in [-0.15, -0.1) is 0 Å². The van der Waals surface area contributed by atoms with Crippen LogP contribution in [-0.4, -0.2) is 18.7 Å². The summed E-state index contributed by atoms with van der Waals surface area (Å²) in [5, 5.41) is 0. The molecule has 0 aliphatic rings. The smallest absolute Gasteiger partial charge is 0.748 e. The first-order chi connectivity index (χ1) is 3.56. The first-order valence-corrected chi connectivity index (χ1v) is 3.76. The van der Waals surface area contributed by atoms with E-state index in [-0.39, 0.29) is 29.6 Å². The fraction of sp³-hybridized carbons (Fsp3) is 0.333. The standard InChI is InChI=1S/C3H5ClO3S.Na/c4-2-1-3-8(5,6)7;/h1-2H,3H2,(H,5,6,7);/q;+1/p-1/b2-1+;. The Morgan fingerprint density at radius 2 is 2.00 bits per heavy atom. The van der Waals surface area contributed by atoms with Crippen molar-refractivity contribution in [2.45, 2.75) is 0 Å². The van der Waals surface area contributed by atoms with E-state index in [9.17, 15) is 13.0 Å². The first kappa shape index (κ1) is 12.6. The Bertz CT molecular complexity index is 173. The zero-order valence-corrected chi connectivity index (χ0v) is 8.45. The number of hydrogen-bond acceptors (Lipinski definition) is 3. The van der Waals surface area contributed by atoms with E-state index in [1.165, 1.54) is 0 Å². The molecule has 0 aromatic carbocycles. The minimum atomic E-state index is -4.11. The van der Waals surface area contributed by atoms with Gasteiger partial charge in [-0.3, -0.25) is 0 Å². The molecule has 0 aliphatic heterocycles. The van der Waals surface area contributed by atoms with E-state index in [1.54, 1.807) is 0 Å². The van der Waals surface area contributed by atoms with E-state index in [4.69, 9.17) is 11.6 Å². The minimum absolute atomic E-state index is 0. The van der Waals surface area contributed by atoms with Gasteiger partial charge in [0.15, 0.2) is 0 Å². The van der Waals surface area contributed by atoms with E-state index in [0.717, 1.165) is 11.6 Å². The molecule has 3 nitrogen and oxygen atoms in total. The molecule has 0 fully saturated rings. The molecule has 9 heavy (non-hydrogen) atoms. The van der Waals surface area contributed by atoms with E-state index in [1.807, 2.05) is 0 Å². The first-order valence-electron chi connectivity index (χ1n) is 1.75. The molecule has 0 amide bonds. The monoisotopic (exact) mass is 178 g/mol. The molecular formula is C3H4ClNaO3S. The van der Waals surface area contributed by atoms with Crippen molar-refractivity contribution in [2.24, 2.45) is 0 Å². The van der Waals surface area contributed by atoms with Crippen molar-refractivity contribution in [3.8, 4) is 0 Å². The van der Waals surface area contributed by atoms with Crippen molar-refractivity contribution in [1.82, 2.24) is 0 Å². The molecular weight excluding hydrogens is 175 g/mol. The maximum Gasteiger partial charge on any atom is 1.00 e. The van der Waals surface area contributed by atoms with Crippen molar-refractivity contribution in [1.29, 1.82) is 0 Å². The van der Waals surface area contributed by atoms with Gasteiger partial charge in [0.2, 0.25) is 0 Å². The second kappa shape index (κ2) is 5.70. The van der Waals surface area contributed by atoms with Crippen LogP contribution in [0.2, 0.25) is 0 Å². The van der Waals surface area contributed by atoms with Crippen molar-refractivity contribution >= 4 is 21.7 Å². The summed E-state index contributed by atoms with van der Waals surface area (Å²) in [4.78, 5) is 0. The molecule has 0 aliphatic carbocycles. The summed E-state index contributed by atoms with van der Waals surface area (Å²) in [6.45, 7) is 0. The zero-order chi connectivity index (χ0) is 6.62. The van der Waals surface area contributed by atoms with Crippen LogP contribution in [-0.2, 0) is 10.1 Å². The van der Waals surface area contributed by atoms with Crippen LogP contribution in [0, 0.1) is 0 Å². The van der Waals surface area contributed by atoms with Gasteiger partial charge in [0.1, 0.15) is 0 Å². The van der Waals surface area contributed by atoms with E-state index < -0.39 is 15.9 Å². The van der Waals surface area contributed by atoms with Crippen LogP contribution < -0.4 is 29.6 Å². The Kier molecular flexibility index (Phi) is 7.99. The molecule has 0 radical (unpaired) electrons.